The van der Waals surface area contributed by atoms with Gasteiger partial charge in [-0.1, -0.05) is 59.3 Å². The summed E-state index contributed by atoms with van der Waals surface area (Å²) < 4.78 is 6.56. The molecule has 0 heterocycles. The van der Waals surface area contributed by atoms with E-state index >= 15 is 0 Å². The van der Waals surface area contributed by atoms with Crippen LogP contribution in [0.4, 0.5) is 0 Å². The molecule has 0 fully saturated rings. The molecule has 2 rings (SSSR count). The van der Waals surface area contributed by atoms with Crippen molar-refractivity contribution in [3.63, 3.8) is 0 Å². The van der Waals surface area contributed by atoms with Crippen LogP contribution in [0.5, 0.6) is 5.75 Å². The predicted molar refractivity (Wildman–Crippen MR) is 91.8 cm³/mol. The number of alkyl halides is 1. The summed E-state index contributed by atoms with van der Waals surface area (Å²) in [5.41, 5.74) is 2.58. The largest absolute Gasteiger partial charge is 0.493 e. The van der Waals surface area contributed by atoms with Gasteiger partial charge in [0.25, 0.3) is 0 Å². The first-order chi connectivity index (χ1) is 9.63. The molecular weight excluding hydrogens is 380 g/mol. The first-order valence-corrected chi connectivity index (χ1v) is 8.45. The Morgan fingerprint density at radius 2 is 1.75 bits per heavy atom. The molecule has 2 aromatic rings. The van der Waals surface area contributed by atoms with E-state index < -0.39 is 0 Å². The average molecular weight is 398 g/mol. The highest BCUT2D eigenvalue weighted by atomic mass is 79.9. The maximum absolute atomic E-state index is 5.55. The van der Waals surface area contributed by atoms with Crippen LogP contribution in [0.3, 0.4) is 0 Å². The molecule has 0 aliphatic rings. The highest BCUT2D eigenvalue weighted by molar-refractivity contribution is 9.10. The van der Waals surface area contributed by atoms with E-state index in [4.69, 9.17) is 4.74 Å². The summed E-state index contributed by atoms with van der Waals surface area (Å²) in [6.07, 6.45) is 0. The lowest BCUT2D eigenvalue weighted by Crippen LogP contribution is -2.02. The molecule has 2 aromatic carbocycles. The minimum atomic E-state index is 0.275. The Kier molecular flexibility index (Phi) is 5.67. The van der Waals surface area contributed by atoms with Gasteiger partial charge in [-0.2, -0.15) is 0 Å². The molecule has 0 N–H and O–H groups in total. The molecule has 0 spiro atoms. The molecule has 2 unspecified atom stereocenters. The van der Waals surface area contributed by atoms with Crippen molar-refractivity contribution in [1.29, 1.82) is 0 Å². The third-order valence-corrected chi connectivity index (χ3v) is 5.28. The zero-order valence-corrected chi connectivity index (χ0v) is 14.8. The van der Waals surface area contributed by atoms with Gasteiger partial charge in [0.1, 0.15) is 5.75 Å². The molecule has 0 bridgehead atoms. The van der Waals surface area contributed by atoms with Crippen LogP contribution in [0.1, 0.15) is 35.7 Å². The molecule has 2 atom stereocenters. The first kappa shape index (κ1) is 15.6. The van der Waals surface area contributed by atoms with Crippen molar-refractivity contribution in [2.24, 2.45) is 0 Å². The molecule has 0 radical (unpaired) electrons. The average Bonchev–Trinajstić information content (AvgIpc) is 2.49. The summed E-state index contributed by atoms with van der Waals surface area (Å²) in [5, 5.41) is 0. The first-order valence-electron chi connectivity index (χ1n) is 6.74. The molecule has 0 amide bonds. The van der Waals surface area contributed by atoms with Gasteiger partial charge in [0.05, 0.1) is 11.1 Å². The topological polar surface area (TPSA) is 9.23 Å². The van der Waals surface area contributed by atoms with Gasteiger partial charge >= 0.3 is 0 Å². The van der Waals surface area contributed by atoms with Gasteiger partial charge in [-0.15, -0.1) is 0 Å². The molecule has 20 heavy (non-hydrogen) atoms. The smallest absolute Gasteiger partial charge is 0.133 e. The van der Waals surface area contributed by atoms with E-state index in [9.17, 15) is 0 Å². The van der Waals surface area contributed by atoms with Crippen molar-refractivity contribution >= 4 is 31.9 Å². The second kappa shape index (κ2) is 7.28. The van der Waals surface area contributed by atoms with Gasteiger partial charge in [-0.05, 0) is 52.0 Å². The van der Waals surface area contributed by atoms with Crippen LogP contribution in [0, 0.1) is 0 Å². The molecule has 0 aromatic heterocycles. The van der Waals surface area contributed by atoms with Crippen LogP contribution < -0.4 is 4.74 Å². The maximum atomic E-state index is 5.55. The summed E-state index contributed by atoms with van der Waals surface area (Å²) in [6, 6.07) is 16.8. The zero-order chi connectivity index (χ0) is 14.5. The number of hydrogen-bond donors (Lipinski definition) is 0. The lowest BCUT2D eigenvalue weighted by atomic mass is 9.93. The third-order valence-electron chi connectivity index (χ3n) is 3.34. The third kappa shape index (κ3) is 3.64. The van der Waals surface area contributed by atoms with Gasteiger partial charge < -0.3 is 4.74 Å². The molecular formula is C17H18Br2O. The lowest BCUT2D eigenvalue weighted by molar-refractivity contribution is 0.338. The molecule has 106 valence electrons. The SMILES string of the molecule is CCOc1ccc(C(Br)C(C)c2ccccc2)cc1Br. The summed E-state index contributed by atoms with van der Waals surface area (Å²) in [4.78, 5) is 0.275. The van der Waals surface area contributed by atoms with Crippen molar-refractivity contribution < 1.29 is 4.74 Å². The Hall–Kier alpha value is -0.800. The van der Waals surface area contributed by atoms with Crippen molar-refractivity contribution in [2.75, 3.05) is 6.61 Å². The number of rotatable bonds is 5. The number of hydrogen-bond acceptors (Lipinski definition) is 1. The standard InChI is InChI=1S/C17H18Br2O/c1-3-20-16-10-9-14(11-15(16)18)17(19)12(2)13-7-5-4-6-8-13/h4-12,17H,3H2,1-2H3. The van der Waals surface area contributed by atoms with Gasteiger partial charge in [-0.25, -0.2) is 0 Å². The molecule has 0 aliphatic heterocycles. The second-order valence-electron chi connectivity index (χ2n) is 4.72. The summed E-state index contributed by atoms with van der Waals surface area (Å²) >= 11 is 7.40. The van der Waals surface area contributed by atoms with E-state index in [0.717, 1.165) is 10.2 Å². The highest BCUT2D eigenvalue weighted by Crippen LogP contribution is 2.39. The van der Waals surface area contributed by atoms with Gasteiger partial charge in [0.2, 0.25) is 0 Å². The Bertz CT molecular complexity index is 554. The summed E-state index contributed by atoms with van der Waals surface area (Å²) in [6.45, 7) is 4.90. The fourth-order valence-corrected chi connectivity index (χ4v) is 3.28. The normalized spacial score (nSPS) is 13.8. The van der Waals surface area contributed by atoms with E-state index in [1.165, 1.54) is 11.1 Å². The van der Waals surface area contributed by atoms with Gasteiger partial charge in [-0.3, -0.25) is 0 Å². The van der Waals surface area contributed by atoms with Crippen LogP contribution in [-0.4, -0.2) is 6.61 Å². The quantitative estimate of drug-likeness (QED) is 0.554. The highest BCUT2D eigenvalue weighted by Gasteiger charge is 2.18. The molecule has 0 saturated carbocycles. The van der Waals surface area contributed by atoms with Crippen LogP contribution in [0.25, 0.3) is 0 Å². The monoisotopic (exact) mass is 396 g/mol. The van der Waals surface area contributed by atoms with Crippen molar-refractivity contribution in [3.05, 3.63) is 64.1 Å². The van der Waals surface area contributed by atoms with Crippen molar-refractivity contribution in [1.82, 2.24) is 0 Å². The fraction of sp³-hybridized carbons (Fsp3) is 0.294. The van der Waals surface area contributed by atoms with E-state index in [2.05, 4.69) is 75.2 Å². The minimum Gasteiger partial charge on any atom is -0.493 e. The molecule has 1 nitrogen and oxygen atoms in total. The lowest BCUT2D eigenvalue weighted by Gasteiger charge is -2.20. The fourth-order valence-electron chi connectivity index (χ4n) is 2.18. The predicted octanol–water partition coefficient (Wildman–Crippen LogP) is 6.09. The van der Waals surface area contributed by atoms with E-state index in [1.807, 2.05) is 19.1 Å². The van der Waals surface area contributed by atoms with Crippen molar-refractivity contribution in [2.45, 2.75) is 24.6 Å². The van der Waals surface area contributed by atoms with Gasteiger partial charge in [0.15, 0.2) is 0 Å². The zero-order valence-electron chi connectivity index (χ0n) is 11.6. The van der Waals surface area contributed by atoms with Crippen LogP contribution in [0.15, 0.2) is 53.0 Å². The van der Waals surface area contributed by atoms with E-state index in [1.54, 1.807) is 0 Å². The van der Waals surface area contributed by atoms with Crippen LogP contribution in [-0.2, 0) is 0 Å². The molecule has 0 aliphatic carbocycles. The van der Waals surface area contributed by atoms with E-state index in [0.29, 0.717) is 12.5 Å². The number of benzene rings is 2. The van der Waals surface area contributed by atoms with Crippen LogP contribution >= 0.6 is 31.9 Å². The maximum Gasteiger partial charge on any atom is 0.133 e. The Labute approximate surface area is 137 Å². The van der Waals surface area contributed by atoms with E-state index in [-0.39, 0.29) is 4.83 Å². The Morgan fingerprint density at radius 1 is 1.05 bits per heavy atom. The second-order valence-corrected chi connectivity index (χ2v) is 6.56. The molecule has 3 heteroatoms. The number of halogens is 2. The molecule has 0 saturated heterocycles. The summed E-state index contributed by atoms with van der Waals surface area (Å²) in [7, 11) is 0. The number of ether oxygens (including phenoxy) is 1. The van der Waals surface area contributed by atoms with Crippen LogP contribution in [0.2, 0.25) is 0 Å². The minimum absolute atomic E-state index is 0.275. The Morgan fingerprint density at radius 3 is 2.35 bits per heavy atom. The van der Waals surface area contributed by atoms with Gasteiger partial charge in [0, 0.05) is 4.83 Å². The summed E-state index contributed by atoms with van der Waals surface area (Å²) in [5.74, 6) is 1.30. The Balaban J connectivity index is 2.21. The van der Waals surface area contributed by atoms with Crippen molar-refractivity contribution in [3.8, 4) is 5.75 Å².